The van der Waals surface area contributed by atoms with Crippen molar-refractivity contribution >= 4 is 61.4 Å². The Morgan fingerprint density at radius 2 is 2.08 bits per heavy atom. The topological polar surface area (TPSA) is 73.8 Å². The molecule has 0 saturated carbocycles. The van der Waals surface area contributed by atoms with Crippen LogP contribution in [-0.2, 0) is 9.84 Å². The van der Waals surface area contributed by atoms with Gasteiger partial charge >= 0.3 is 0 Å². The van der Waals surface area contributed by atoms with Crippen molar-refractivity contribution in [1.82, 2.24) is 10.6 Å². The molecule has 1 aliphatic heterocycles. The Morgan fingerprint density at radius 1 is 1.35 bits per heavy atom. The van der Waals surface area contributed by atoms with Crippen LogP contribution in [0.1, 0.15) is 20.3 Å². The van der Waals surface area contributed by atoms with E-state index in [1.807, 2.05) is 19.1 Å². The number of para-hydroxylation sites is 1. The van der Waals surface area contributed by atoms with E-state index in [-0.39, 0.29) is 48.1 Å². The van der Waals surface area contributed by atoms with Crippen LogP contribution in [0.15, 0.2) is 33.7 Å². The molecule has 1 aliphatic rings. The van der Waals surface area contributed by atoms with E-state index in [0.29, 0.717) is 5.96 Å². The lowest BCUT2D eigenvalue weighted by Gasteiger charge is -2.21. The van der Waals surface area contributed by atoms with Gasteiger partial charge in [-0.15, -0.1) is 24.0 Å². The Hall–Kier alpha value is -0.550. The first-order valence-electron chi connectivity index (χ1n) is 8.70. The van der Waals surface area contributed by atoms with Crippen molar-refractivity contribution in [2.45, 2.75) is 26.3 Å². The normalized spacial score (nSPS) is 17.7. The van der Waals surface area contributed by atoms with Crippen LogP contribution in [0.25, 0.3) is 0 Å². The zero-order valence-electron chi connectivity index (χ0n) is 15.2. The summed E-state index contributed by atoms with van der Waals surface area (Å²) in [6, 6.07) is 8.50. The number of nitrogens with zero attached hydrogens (tertiary/aromatic N) is 2. The number of hydrogen-bond acceptors (Lipinski definition) is 4. The summed E-state index contributed by atoms with van der Waals surface area (Å²) < 4.78 is 24.3. The van der Waals surface area contributed by atoms with Crippen LogP contribution in [0, 0.1) is 0 Å². The average Bonchev–Trinajstić information content (AvgIpc) is 3.03. The second kappa shape index (κ2) is 11.3. The third-order valence-corrected chi connectivity index (χ3v) is 6.53. The summed E-state index contributed by atoms with van der Waals surface area (Å²) in [4.78, 5) is 6.75. The highest BCUT2D eigenvalue weighted by molar-refractivity contribution is 14.0. The van der Waals surface area contributed by atoms with Gasteiger partial charge in [-0.25, -0.2) is 8.42 Å². The van der Waals surface area contributed by atoms with Crippen molar-refractivity contribution in [3.8, 4) is 0 Å². The molecule has 0 bridgehead atoms. The first-order valence-corrected chi connectivity index (χ1v) is 11.3. The summed E-state index contributed by atoms with van der Waals surface area (Å²) in [6.45, 7) is 6.56. The van der Waals surface area contributed by atoms with Crippen LogP contribution in [0.2, 0.25) is 0 Å². The smallest absolute Gasteiger partial charge is 0.191 e. The number of hydrogen-bond donors (Lipinski definition) is 2. The van der Waals surface area contributed by atoms with E-state index in [4.69, 9.17) is 0 Å². The molecule has 1 aromatic rings. The summed E-state index contributed by atoms with van der Waals surface area (Å²) in [5.41, 5.74) is 1.20. The van der Waals surface area contributed by atoms with Gasteiger partial charge in [-0.3, -0.25) is 4.99 Å². The second-order valence-electron chi connectivity index (χ2n) is 6.02. The minimum atomic E-state index is -2.98. The standard InChI is InChI=1S/C17H27BrN4O2S.HI/c1-3-19-17(20-10-12-25(23,24)4-2)21-14-9-11-22(13-14)16-8-6-5-7-15(16)18;/h5-8,14H,3-4,9-13H2,1-2H3,(H2,19,20,21);1H. The van der Waals surface area contributed by atoms with E-state index >= 15 is 0 Å². The van der Waals surface area contributed by atoms with Crippen molar-refractivity contribution in [2.24, 2.45) is 4.99 Å². The molecule has 6 nitrogen and oxygen atoms in total. The van der Waals surface area contributed by atoms with Gasteiger partial charge in [-0.1, -0.05) is 19.1 Å². The van der Waals surface area contributed by atoms with Gasteiger partial charge in [0.1, 0.15) is 0 Å². The average molecular weight is 559 g/mol. The molecule has 2 rings (SSSR count). The SMILES string of the molecule is CCNC(=NCCS(=O)(=O)CC)NC1CCN(c2ccccc2Br)C1.I. The minimum Gasteiger partial charge on any atom is -0.368 e. The number of benzene rings is 1. The van der Waals surface area contributed by atoms with Gasteiger partial charge in [0.2, 0.25) is 0 Å². The maximum atomic E-state index is 11.6. The summed E-state index contributed by atoms with van der Waals surface area (Å²) in [6.07, 6.45) is 1.01. The Kier molecular flexibility index (Phi) is 10.2. The van der Waals surface area contributed by atoms with Crippen molar-refractivity contribution in [1.29, 1.82) is 0 Å². The van der Waals surface area contributed by atoms with E-state index < -0.39 is 9.84 Å². The molecule has 1 heterocycles. The van der Waals surface area contributed by atoms with E-state index in [2.05, 4.69) is 48.6 Å². The van der Waals surface area contributed by atoms with E-state index in [0.717, 1.165) is 30.5 Å². The van der Waals surface area contributed by atoms with E-state index in [1.165, 1.54) is 5.69 Å². The van der Waals surface area contributed by atoms with Crippen molar-refractivity contribution < 1.29 is 8.42 Å². The molecule has 148 valence electrons. The summed E-state index contributed by atoms with van der Waals surface area (Å²) >= 11 is 3.61. The Labute approximate surface area is 182 Å². The molecule has 1 unspecified atom stereocenters. The molecule has 1 aromatic carbocycles. The number of sulfone groups is 1. The van der Waals surface area contributed by atoms with E-state index in [1.54, 1.807) is 6.92 Å². The molecule has 1 saturated heterocycles. The molecule has 2 N–H and O–H groups in total. The van der Waals surface area contributed by atoms with Gasteiger partial charge in [-0.2, -0.15) is 0 Å². The van der Waals surface area contributed by atoms with Crippen molar-refractivity contribution in [3.05, 3.63) is 28.7 Å². The quantitative estimate of drug-likeness (QED) is 0.306. The molecule has 0 radical (unpaired) electrons. The fourth-order valence-electron chi connectivity index (χ4n) is 2.76. The number of aliphatic imine (C=N–C) groups is 1. The molecular weight excluding hydrogens is 531 g/mol. The highest BCUT2D eigenvalue weighted by atomic mass is 127. The van der Waals surface area contributed by atoms with Crippen LogP contribution >= 0.6 is 39.9 Å². The fourth-order valence-corrected chi connectivity index (χ4v) is 3.95. The third-order valence-electron chi connectivity index (χ3n) is 4.18. The van der Waals surface area contributed by atoms with Gasteiger partial charge < -0.3 is 15.5 Å². The predicted octanol–water partition coefficient (Wildman–Crippen LogP) is 2.64. The molecule has 0 spiro atoms. The molecule has 1 atom stereocenters. The zero-order valence-corrected chi connectivity index (χ0v) is 20.0. The molecule has 9 heteroatoms. The van der Waals surface area contributed by atoms with Crippen molar-refractivity contribution in [2.75, 3.05) is 42.6 Å². The highest BCUT2D eigenvalue weighted by Gasteiger charge is 2.24. The summed E-state index contributed by atoms with van der Waals surface area (Å²) in [5, 5.41) is 6.62. The van der Waals surface area contributed by atoms with Crippen LogP contribution in [0.3, 0.4) is 0 Å². The first-order chi connectivity index (χ1) is 11.9. The lowest BCUT2D eigenvalue weighted by molar-refractivity contribution is 0.597. The first kappa shape index (κ1) is 23.5. The van der Waals surface area contributed by atoms with Gasteiger partial charge in [0.05, 0.1) is 18.0 Å². The van der Waals surface area contributed by atoms with Crippen LogP contribution in [0.5, 0.6) is 0 Å². The van der Waals surface area contributed by atoms with Gasteiger partial charge in [0.25, 0.3) is 0 Å². The van der Waals surface area contributed by atoms with Crippen LogP contribution < -0.4 is 15.5 Å². The Morgan fingerprint density at radius 3 is 2.73 bits per heavy atom. The minimum absolute atomic E-state index is 0. The van der Waals surface area contributed by atoms with Gasteiger partial charge in [0, 0.05) is 35.9 Å². The number of halogens is 2. The van der Waals surface area contributed by atoms with Crippen molar-refractivity contribution in [3.63, 3.8) is 0 Å². The number of anilines is 1. The molecule has 0 amide bonds. The van der Waals surface area contributed by atoms with Gasteiger partial charge in [0.15, 0.2) is 15.8 Å². The fraction of sp³-hybridized carbons (Fsp3) is 0.588. The largest absolute Gasteiger partial charge is 0.368 e. The highest BCUT2D eigenvalue weighted by Crippen LogP contribution is 2.28. The van der Waals surface area contributed by atoms with Crippen LogP contribution in [0.4, 0.5) is 5.69 Å². The monoisotopic (exact) mass is 558 g/mol. The Bertz CT molecular complexity index is 700. The third kappa shape index (κ3) is 7.22. The van der Waals surface area contributed by atoms with E-state index in [9.17, 15) is 8.42 Å². The lowest BCUT2D eigenvalue weighted by atomic mass is 10.3. The molecule has 26 heavy (non-hydrogen) atoms. The maximum Gasteiger partial charge on any atom is 0.191 e. The maximum absolute atomic E-state index is 11.6. The Balaban J connectivity index is 0.00000338. The number of nitrogens with one attached hydrogen (secondary N) is 2. The molecule has 0 aromatic heterocycles. The van der Waals surface area contributed by atoms with Crippen LogP contribution in [-0.4, -0.2) is 58.1 Å². The molecule has 0 aliphatic carbocycles. The molecular formula is C17H28BrIN4O2S. The summed E-state index contributed by atoms with van der Waals surface area (Å²) in [7, 11) is -2.98. The second-order valence-corrected chi connectivity index (χ2v) is 9.35. The van der Waals surface area contributed by atoms with Gasteiger partial charge in [-0.05, 0) is 41.4 Å². The summed E-state index contributed by atoms with van der Waals surface area (Å²) in [5.74, 6) is 0.942. The number of rotatable bonds is 7. The lowest BCUT2D eigenvalue weighted by Crippen LogP contribution is -2.44. The molecule has 1 fully saturated rings. The zero-order chi connectivity index (χ0) is 18.3. The predicted molar refractivity (Wildman–Crippen MR) is 124 cm³/mol. The number of guanidine groups is 1.